The molecule has 0 saturated carbocycles. The summed E-state index contributed by atoms with van der Waals surface area (Å²) in [5.41, 5.74) is 10.3. The Bertz CT molecular complexity index is 834. The Kier molecular flexibility index (Phi) is 4.43. The van der Waals surface area contributed by atoms with Crippen molar-refractivity contribution in [3.63, 3.8) is 0 Å². The maximum atomic E-state index is 9.93. The van der Waals surface area contributed by atoms with Crippen molar-refractivity contribution in [3.8, 4) is 11.5 Å². The number of fused-ring (bicyclic) bond motifs is 2. The summed E-state index contributed by atoms with van der Waals surface area (Å²) in [6.07, 6.45) is 6.95. The molecule has 26 heavy (non-hydrogen) atoms. The Hall–Kier alpha value is -2.01. The van der Waals surface area contributed by atoms with Gasteiger partial charge in [0.2, 0.25) is 0 Å². The van der Waals surface area contributed by atoms with Gasteiger partial charge < -0.3 is 15.9 Å². The van der Waals surface area contributed by atoms with Crippen molar-refractivity contribution in [2.75, 3.05) is 12.3 Å². The number of pyridine rings is 1. The Morgan fingerprint density at radius 3 is 2.65 bits per heavy atom. The lowest BCUT2D eigenvalue weighted by molar-refractivity contribution is 0.0872. The Morgan fingerprint density at radius 1 is 1.12 bits per heavy atom. The van der Waals surface area contributed by atoms with Gasteiger partial charge in [-0.1, -0.05) is 6.42 Å². The fourth-order valence-electron chi connectivity index (χ4n) is 5.06. The number of benzene rings is 1. The molecule has 0 spiro atoms. The van der Waals surface area contributed by atoms with Crippen LogP contribution in [0.3, 0.4) is 0 Å². The first-order valence-corrected chi connectivity index (χ1v) is 9.87. The molecular weight excluding hydrogens is 326 g/mol. The summed E-state index contributed by atoms with van der Waals surface area (Å²) in [6, 6.07) is 4.11. The number of nitrogens with zero attached hydrogens (tertiary/aromatic N) is 2. The van der Waals surface area contributed by atoms with Gasteiger partial charge in [-0.25, -0.2) is 0 Å². The third-order valence-corrected chi connectivity index (χ3v) is 6.26. The number of hydrogen-bond acceptors (Lipinski definition) is 5. The highest BCUT2D eigenvalue weighted by Crippen LogP contribution is 2.45. The fraction of sp³-hybridized carbons (Fsp3) is 0.571. The van der Waals surface area contributed by atoms with E-state index in [2.05, 4.69) is 18.7 Å². The van der Waals surface area contributed by atoms with Crippen molar-refractivity contribution >= 4 is 16.6 Å². The number of phenols is 2. The van der Waals surface area contributed by atoms with E-state index >= 15 is 0 Å². The third kappa shape index (κ3) is 2.78. The molecule has 1 aliphatic carbocycles. The summed E-state index contributed by atoms with van der Waals surface area (Å²) in [6.45, 7) is 5.72. The minimum Gasteiger partial charge on any atom is -0.504 e. The van der Waals surface area contributed by atoms with E-state index in [0.29, 0.717) is 23.5 Å². The summed E-state index contributed by atoms with van der Waals surface area (Å²) in [7, 11) is 0. The zero-order valence-electron chi connectivity index (χ0n) is 15.7. The van der Waals surface area contributed by atoms with E-state index in [1.165, 1.54) is 30.9 Å². The molecule has 140 valence electrons. The smallest absolute Gasteiger partial charge is 0.159 e. The van der Waals surface area contributed by atoms with E-state index in [0.717, 1.165) is 42.6 Å². The number of aryl methyl sites for hydroxylation is 1. The normalized spacial score (nSPS) is 24.1. The van der Waals surface area contributed by atoms with Gasteiger partial charge >= 0.3 is 0 Å². The second-order valence-electron chi connectivity index (χ2n) is 8.14. The van der Waals surface area contributed by atoms with Gasteiger partial charge in [0.15, 0.2) is 11.5 Å². The average Bonchev–Trinajstić information content (AvgIpc) is 2.63. The van der Waals surface area contributed by atoms with Gasteiger partial charge in [0.1, 0.15) is 0 Å². The molecule has 0 bridgehead atoms. The molecule has 0 radical (unpaired) electrons. The predicted molar refractivity (Wildman–Crippen MR) is 105 cm³/mol. The molecule has 4 rings (SSSR count). The van der Waals surface area contributed by atoms with Crippen LogP contribution in [-0.2, 0) is 6.42 Å². The van der Waals surface area contributed by atoms with Gasteiger partial charge in [-0.3, -0.25) is 9.88 Å². The summed E-state index contributed by atoms with van der Waals surface area (Å²) in [4.78, 5) is 7.46. The summed E-state index contributed by atoms with van der Waals surface area (Å²) in [5.74, 6) is 0.115. The Labute approximate surface area is 154 Å². The van der Waals surface area contributed by atoms with Gasteiger partial charge in [-0.15, -0.1) is 0 Å². The second kappa shape index (κ2) is 6.62. The summed E-state index contributed by atoms with van der Waals surface area (Å²) in [5, 5.41) is 20.5. The fourth-order valence-corrected chi connectivity index (χ4v) is 5.06. The predicted octanol–water partition coefficient (Wildman–Crippen LogP) is 3.91. The minimum absolute atomic E-state index is 0.139. The van der Waals surface area contributed by atoms with Crippen LogP contribution in [-0.4, -0.2) is 38.7 Å². The lowest BCUT2D eigenvalue weighted by Gasteiger charge is -2.44. The number of aromatic hydroxyl groups is 2. The molecular formula is C21H29N3O2. The van der Waals surface area contributed by atoms with E-state index in [4.69, 9.17) is 10.7 Å². The van der Waals surface area contributed by atoms with Gasteiger partial charge in [-0.05, 0) is 58.6 Å². The number of nitrogens with two attached hydrogens (primary N) is 1. The van der Waals surface area contributed by atoms with Crippen LogP contribution in [0.4, 0.5) is 5.69 Å². The zero-order valence-corrected chi connectivity index (χ0v) is 15.7. The van der Waals surface area contributed by atoms with Crippen LogP contribution >= 0.6 is 0 Å². The largest absolute Gasteiger partial charge is 0.504 e. The van der Waals surface area contributed by atoms with Crippen LogP contribution < -0.4 is 5.73 Å². The van der Waals surface area contributed by atoms with Crippen LogP contribution in [0.5, 0.6) is 11.5 Å². The van der Waals surface area contributed by atoms with Crippen molar-refractivity contribution in [1.29, 1.82) is 0 Å². The first-order chi connectivity index (χ1) is 12.5. The molecule has 2 aromatic rings. The average molecular weight is 355 g/mol. The first kappa shape index (κ1) is 17.4. The molecule has 5 heteroatoms. The number of hydrogen-bond donors (Lipinski definition) is 3. The van der Waals surface area contributed by atoms with E-state index < -0.39 is 0 Å². The maximum Gasteiger partial charge on any atom is 0.159 e. The molecule has 2 unspecified atom stereocenters. The van der Waals surface area contributed by atoms with E-state index in [1.54, 1.807) is 6.07 Å². The molecule has 1 saturated heterocycles. The number of phenolic OH excluding ortho intramolecular Hbond substituents is 2. The molecule has 0 amide bonds. The molecule has 1 aromatic carbocycles. The number of aromatic nitrogens is 1. The minimum atomic E-state index is -0.144. The molecule has 2 atom stereocenters. The van der Waals surface area contributed by atoms with E-state index in [-0.39, 0.29) is 11.5 Å². The van der Waals surface area contributed by atoms with Crippen molar-refractivity contribution < 1.29 is 10.2 Å². The van der Waals surface area contributed by atoms with E-state index in [9.17, 15) is 10.2 Å². The molecule has 2 heterocycles. The molecule has 4 N–H and O–H groups in total. The topological polar surface area (TPSA) is 82.6 Å². The van der Waals surface area contributed by atoms with Crippen LogP contribution in [0.1, 0.15) is 63.1 Å². The van der Waals surface area contributed by atoms with Crippen molar-refractivity contribution in [2.45, 2.75) is 70.4 Å². The quantitative estimate of drug-likeness (QED) is 0.712. The monoisotopic (exact) mass is 355 g/mol. The van der Waals surface area contributed by atoms with Crippen molar-refractivity contribution in [2.24, 2.45) is 0 Å². The molecule has 5 nitrogen and oxygen atoms in total. The van der Waals surface area contributed by atoms with Gasteiger partial charge in [0.25, 0.3) is 0 Å². The number of anilines is 1. The second-order valence-corrected chi connectivity index (χ2v) is 8.14. The van der Waals surface area contributed by atoms with E-state index in [1.807, 2.05) is 0 Å². The van der Waals surface area contributed by atoms with Crippen LogP contribution in [0.15, 0.2) is 12.1 Å². The van der Waals surface area contributed by atoms with Gasteiger partial charge in [0, 0.05) is 46.4 Å². The standard InChI is InChI=1S/C21H29N3O2/c1-12(2)24-9-4-3-8-17(24)13-6-5-7-15-20(13)21(22)14-10-18(25)19(26)11-16(14)23-15/h10-13,17,25-26H,3-9H2,1-2H3,(H2,22,23). The van der Waals surface area contributed by atoms with Crippen LogP contribution in [0, 0.1) is 0 Å². The van der Waals surface area contributed by atoms with Crippen molar-refractivity contribution in [1.82, 2.24) is 9.88 Å². The lowest BCUT2D eigenvalue weighted by atomic mass is 9.76. The molecule has 1 aromatic heterocycles. The van der Waals surface area contributed by atoms with Crippen molar-refractivity contribution in [3.05, 3.63) is 23.4 Å². The number of rotatable bonds is 2. The van der Waals surface area contributed by atoms with Crippen LogP contribution in [0.2, 0.25) is 0 Å². The van der Waals surface area contributed by atoms with Gasteiger partial charge in [-0.2, -0.15) is 0 Å². The summed E-state index contributed by atoms with van der Waals surface area (Å²) >= 11 is 0. The zero-order chi connectivity index (χ0) is 18.4. The SMILES string of the molecule is CC(C)N1CCCCC1C1CCCc2nc3cc(O)c(O)cc3c(N)c21. The molecule has 1 aliphatic heterocycles. The number of nitrogen functional groups attached to an aromatic ring is 1. The lowest BCUT2D eigenvalue weighted by Crippen LogP contribution is -2.47. The van der Waals surface area contributed by atoms with Crippen LogP contribution in [0.25, 0.3) is 10.9 Å². The highest BCUT2D eigenvalue weighted by atomic mass is 16.3. The third-order valence-electron chi connectivity index (χ3n) is 6.26. The summed E-state index contributed by atoms with van der Waals surface area (Å²) < 4.78 is 0. The molecule has 2 aliphatic rings. The highest BCUT2D eigenvalue weighted by Gasteiger charge is 2.36. The number of piperidine rings is 1. The Balaban J connectivity index is 1.84. The number of likely N-dealkylation sites (tertiary alicyclic amines) is 1. The highest BCUT2D eigenvalue weighted by molar-refractivity contribution is 5.94. The molecule has 1 fully saturated rings. The Morgan fingerprint density at radius 2 is 1.88 bits per heavy atom. The van der Waals surface area contributed by atoms with Gasteiger partial charge in [0.05, 0.1) is 5.52 Å². The first-order valence-electron chi connectivity index (χ1n) is 9.87. The maximum absolute atomic E-state index is 9.93.